The van der Waals surface area contributed by atoms with Gasteiger partial charge in [0.2, 0.25) is 0 Å². The molecule has 190 valence electrons. The molecule has 1 amide bonds. The zero-order chi connectivity index (χ0) is 25.9. The number of amidine groups is 1. The van der Waals surface area contributed by atoms with Gasteiger partial charge in [-0.25, -0.2) is 0 Å². The SMILES string of the molecule is C/C=C(\C(N)=NCC)C(F)(F)F.CC.CC.O=C(COc1ccc(CO)cc1)N1CCCC1. The van der Waals surface area contributed by atoms with Crippen LogP contribution in [0.3, 0.4) is 0 Å². The number of aliphatic hydroxyl groups is 1. The molecule has 33 heavy (non-hydrogen) atoms. The van der Waals surface area contributed by atoms with E-state index in [1.165, 1.54) is 6.92 Å². The largest absolute Gasteiger partial charge is 0.484 e. The van der Waals surface area contributed by atoms with Gasteiger partial charge in [-0.2, -0.15) is 13.2 Å². The van der Waals surface area contributed by atoms with Crippen molar-refractivity contribution in [1.29, 1.82) is 0 Å². The van der Waals surface area contributed by atoms with Crippen molar-refractivity contribution in [2.45, 2.75) is 67.2 Å². The summed E-state index contributed by atoms with van der Waals surface area (Å²) in [6.45, 7) is 13.0. The summed E-state index contributed by atoms with van der Waals surface area (Å²) in [5, 5.41) is 8.89. The number of rotatable bonds is 6. The van der Waals surface area contributed by atoms with E-state index in [9.17, 15) is 18.0 Å². The van der Waals surface area contributed by atoms with Crippen LogP contribution >= 0.6 is 0 Å². The number of amides is 1. The fourth-order valence-electron chi connectivity index (χ4n) is 2.61. The van der Waals surface area contributed by atoms with Crippen LogP contribution in [0, 0.1) is 0 Å². The lowest BCUT2D eigenvalue weighted by atomic mass is 10.2. The Labute approximate surface area is 196 Å². The number of nitrogens with two attached hydrogens (primary N) is 1. The number of alkyl halides is 3. The highest BCUT2D eigenvalue weighted by Crippen LogP contribution is 2.25. The van der Waals surface area contributed by atoms with Gasteiger partial charge in [-0.1, -0.05) is 45.9 Å². The molecule has 1 fully saturated rings. The molecule has 0 atom stereocenters. The van der Waals surface area contributed by atoms with E-state index in [4.69, 9.17) is 15.6 Å². The molecule has 1 heterocycles. The van der Waals surface area contributed by atoms with Gasteiger partial charge in [0.25, 0.3) is 5.91 Å². The number of ether oxygens (including phenoxy) is 1. The molecule has 0 aromatic heterocycles. The van der Waals surface area contributed by atoms with Crippen LogP contribution in [-0.4, -0.2) is 54.2 Å². The molecule has 0 bridgehead atoms. The minimum atomic E-state index is -4.41. The van der Waals surface area contributed by atoms with Crippen LogP contribution in [0.1, 0.15) is 59.9 Å². The molecule has 0 spiro atoms. The van der Waals surface area contributed by atoms with Gasteiger partial charge in [-0.15, -0.1) is 0 Å². The molecule has 1 saturated heterocycles. The van der Waals surface area contributed by atoms with E-state index in [0.29, 0.717) is 5.75 Å². The summed E-state index contributed by atoms with van der Waals surface area (Å²) in [5.74, 6) is 0.260. The van der Waals surface area contributed by atoms with Gasteiger partial charge in [-0.3, -0.25) is 9.79 Å². The quantitative estimate of drug-likeness (QED) is 0.442. The number of aliphatic hydroxyl groups excluding tert-OH is 1. The average molecular weight is 476 g/mol. The Morgan fingerprint density at radius 2 is 1.67 bits per heavy atom. The lowest BCUT2D eigenvalue weighted by Crippen LogP contribution is -2.32. The second-order valence-corrected chi connectivity index (χ2v) is 6.24. The highest BCUT2D eigenvalue weighted by molar-refractivity contribution is 5.98. The minimum Gasteiger partial charge on any atom is -0.484 e. The monoisotopic (exact) mass is 475 g/mol. The molecule has 9 heteroatoms. The molecule has 1 aromatic carbocycles. The first-order valence-corrected chi connectivity index (χ1v) is 11.4. The van der Waals surface area contributed by atoms with E-state index in [1.807, 2.05) is 32.6 Å². The van der Waals surface area contributed by atoms with E-state index in [-0.39, 0.29) is 25.7 Å². The molecule has 6 nitrogen and oxygen atoms in total. The number of halogens is 3. The maximum atomic E-state index is 12.1. The summed E-state index contributed by atoms with van der Waals surface area (Å²) in [5.41, 5.74) is 5.05. The summed E-state index contributed by atoms with van der Waals surface area (Å²) < 4.78 is 41.6. The Balaban J connectivity index is 0. The zero-order valence-electron chi connectivity index (χ0n) is 20.7. The van der Waals surface area contributed by atoms with E-state index >= 15 is 0 Å². The van der Waals surface area contributed by atoms with E-state index in [0.717, 1.165) is 37.6 Å². The van der Waals surface area contributed by atoms with Gasteiger partial charge >= 0.3 is 6.18 Å². The summed E-state index contributed by atoms with van der Waals surface area (Å²) in [4.78, 5) is 17.0. The molecule has 3 N–H and O–H groups in total. The van der Waals surface area contributed by atoms with Gasteiger partial charge in [-0.05, 0) is 44.4 Å². The average Bonchev–Trinajstić information content (AvgIpc) is 3.36. The fourth-order valence-corrected chi connectivity index (χ4v) is 2.61. The van der Waals surface area contributed by atoms with Gasteiger partial charge in [0, 0.05) is 19.6 Å². The number of nitrogens with zero attached hydrogens (tertiary/aromatic N) is 2. The molecule has 1 aliphatic heterocycles. The number of aliphatic imine (C=N–C) groups is 1. The maximum Gasteiger partial charge on any atom is 0.419 e. The summed E-state index contributed by atoms with van der Waals surface area (Å²) in [7, 11) is 0. The Morgan fingerprint density at radius 1 is 1.15 bits per heavy atom. The van der Waals surface area contributed by atoms with Gasteiger partial charge in [0.1, 0.15) is 11.6 Å². The number of hydrogen-bond acceptors (Lipinski definition) is 4. The maximum absolute atomic E-state index is 12.1. The highest BCUT2D eigenvalue weighted by atomic mass is 19.4. The smallest absolute Gasteiger partial charge is 0.419 e. The number of likely N-dealkylation sites (tertiary alicyclic amines) is 1. The van der Waals surface area contributed by atoms with Crippen LogP contribution in [0.15, 0.2) is 40.9 Å². The molecular formula is C24H40F3N3O3. The third-order valence-electron chi connectivity index (χ3n) is 4.13. The van der Waals surface area contributed by atoms with E-state index < -0.39 is 17.6 Å². The molecule has 1 aromatic rings. The van der Waals surface area contributed by atoms with Crippen LogP contribution in [0.25, 0.3) is 0 Å². The first-order valence-electron chi connectivity index (χ1n) is 11.4. The van der Waals surface area contributed by atoms with Crippen LogP contribution in [0.2, 0.25) is 0 Å². The summed E-state index contributed by atoms with van der Waals surface area (Å²) in [6.07, 6.45) is -1.31. The molecule has 0 aliphatic carbocycles. The van der Waals surface area contributed by atoms with Crippen molar-refractivity contribution in [3.63, 3.8) is 0 Å². The lowest BCUT2D eigenvalue weighted by molar-refractivity contribution is -0.132. The Bertz CT molecular complexity index is 697. The number of carbonyl (C=O) groups excluding carboxylic acids is 1. The predicted molar refractivity (Wildman–Crippen MR) is 128 cm³/mol. The topological polar surface area (TPSA) is 88.1 Å². The Kier molecular flexibility index (Phi) is 18.8. The zero-order valence-corrected chi connectivity index (χ0v) is 20.7. The van der Waals surface area contributed by atoms with Crippen molar-refractivity contribution < 1.29 is 27.8 Å². The second-order valence-electron chi connectivity index (χ2n) is 6.24. The molecule has 0 saturated carbocycles. The number of hydrogen-bond donors (Lipinski definition) is 2. The van der Waals surface area contributed by atoms with Crippen molar-refractivity contribution in [1.82, 2.24) is 4.90 Å². The Hall–Kier alpha value is -2.55. The van der Waals surface area contributed by atoms with Crippen molar-refractivity contribution in [3.8, 4) is 5.75 Å². The first kappa shape index (κ1) is 32.6. The molecule has 0 unspecified atom stereocenters. The van der Waals surface area contributed by atoms with Crippen LogP contribution in [0.4, 0.5) is 13.2 Å². The number of benzene rings is 1. The van der Waals surface area contributed by atoms with Crippen LogP contribution < -0.4 is 10.5 Å². The van der Waals surface area contributed by atoms with Crippen molar-refractivity contribution in [3.05, 3.63) is 41.5 Å². The van der Waals surface area contributed by atoms with E-state index in [2.05, 4.69) is 4.99 Å². The molecule has 2 rings (SSSR count). The Morgan fingerprint density at radius 3 is 2.06 bits per heavy atom. The lowest BCUT2D eigenvalue weighted by Gasteiger charge is -2.15. The standard InChI is InChI=1S/C13H17NO3.C7H11F3N2.2C2H6/c15-9-11-3-5-12(6-4-11)17-10-13(16)14-7-1-2-8-14;1-3-5(7(8,9)10)6(11)12-4-2;2*1-2/h3-6,15H,1-2,7-10H2;3H,4H2,1-2H3,(H2,11,12);2*1-2H3/b;5-3+;;. The van der Waals surface area contributed by atoms with Crippen LogP contribution in [0.5, 0.6) is 5.75 Å². The second kappa shape index (κ2) is 19.0. The molecule has 0 radical (unpaired) electrons. The van der Waals surface area contributed by atoms with Gasteiger partial charge in [0.15, 0.2) is 6.61 Å². The predicted octanol–water partition coefficient (Wildman–Crippen LogP) is 5.10. The van der Waals surface area contributed by atoms with Crippen molar-refractivity contribution in [2.75, 3.05) is 26.2 Å². The van der Waals surface area contributed by atoms with Crippen molar-refractivity contribution >= 4 is 11.7 Å². The van der Waals surface area contributed by atoms with Crippen LogP contribution in [-0.2, 0) is 11.4 Å². The van der Waals surface area contributed by atoms with Crippen molar-refractivity contribution in [2.24, 2.45) is 10.7 Å². The normalized spacial score (nSPS) is 13.6. The summed E-state index contributed by atoms with van der Waals surface area (Å²) >= 11 is 0. The highest BCUT2D eigenvalue weighted by Gasteiger charge is 2.35. The third-order valence-corrected chi connectivity index (χ3v) is 4.13. The van der Waals surface area contributed by atoms with E-state index in [1.54, 1.807) is 31.2 Å². The fraction of sp³-hybridized carbons (Fsp3) is 0.583. The first-order chi connectivity index (χ1) is 15.7. The van der Waals surface area contributed by atoms with Gasteiger partial charge in [0.05, 0.1) is 12.2 Å². The van der Waals surface area contributed by atoms with Gasteiger partial charge < -0.3 is 20.5 Å². The molecule has 1 aliphatic rings. The number of allylic oxidation sites excluding steroid dienone is 1. The minimum absolute atomic E-state index is 0.0208. The summed E-state index contributed by atoms with van der Waals surface area (Å²) in [6, 6.07) is 7.11. The number of carbonyl (C=O) groups is 1. The third kappa shape index (κ3) is 13.6. The molecular weight excluding hydrogens is 435 g/mol.